The molecule has 2 nitrogen and oxygen atoms in total. The van der Waals surface area contributed by atoms with Crippen LogP contribution in [0.4, 0.5) is 0 Å². The van der Waals surface area contributed by atoms with Gasteiger partial charge >= 0.3 is 0 Å². The van der Waals surface area contributed by atoms with Crippen molar-refractivity contribution < 1.29 is 9.53 Å². The first-order chi connectivity index (χ1) is 14.5. The van der Waals surface area contributed by atoms with Crippen LogP contribution in [0.3, 0.4) is 0 Å². The number of rotatable bonds is 9. The van der Waals surface area contributed by atoms with Crippen molar-refractivity contribution in [3.8, 4) is 5.75 Å². The van der Waals surface area contributed by atoms with Gasteiger partial charge in [0.1, 0.15) is 12.4 Å². The molecule has 0 aromatic heterocycles. The monoisotopic (exact) mass is 418 g/mol. The highest BCUT2D eigenvalue weighted by molar-refractivity contribution is 7.48. The molecule has 0 aliphatic carbocycles. The third kappa shape index (κ3) is 4.99. The van der Waals surface area contributed by atoms with Crippen molar-refractivity contribution in [2.24, 2.45) is 0 Å². The molecule has 0 saturated carbocycles. The van der Waals surface area contributed by atoms with E-state index in [9.17, 15) is 4.79 Å². The second-order valence-electron chi connectivity index (χ2n) is 7.79. The Balaban J connectivity index is 1.97. The largest absolute Gasteiger partial charge is 0.489 e. The van der Waals surface area contributed by atoms with Crippen molar-refractivity contribution >= 4 is 19.7 Å². The molecule has 3 rings (SSSR count). The van der Waals surface area contributed by atoms with Crippen molar-refractivity contribution in [2.45, 2.75) is 52.3 Å². The predicted molar refractivity (Wildman–Crippen MR) is 129 cm³/mol. The maximum absolute atomic E-state index is 12.3. The molecular weight excluding hydrogens is 387 g/mol. The first-order valence-corrected chi connectivity index (χ1v) is 11.6. The van der Waals surface area contributed by atoms with Crippen molar-refractivity contribution in [2.75, 3.05) is 0 Å². The van der Waals surface area contributed by atoms with Gasteiger partial charge in [0, 0.05) is 16.3 Å². The summed E-state index contributed by atoms with van der Waals surface area (Å²) in [7, 11) is 0.498. The quantitative estimate of drug-likeness (QED) is 0.282. The first kappa shape index (κ1) is 22.2. The number of aryl methyl sites for hydroxylation is 1. The lowest BCUT2D eigenvalue weighted by atomic mass is 9.92. The van der Waals surface area contributed by atoms with Crippen LogP contribution in [0.25, 0.3) is 0 Å². The number of hydrogen-bond acceptors (Lipinski definition) is 2. The Morgan fingerprint density at radius 3 is 2.27 bits per heavy atom. The Hall–Kier alpha value is -2.44. The molecule has 30 heavy (non-hydrogen) atoms. The number of hydrogen-bond donors (Lipinski definition) is 0. The Labute approximate surface area is 182 Å². The number of ether oxygens (including phenoxy) is 1. The van der Waals surface area contributed by atoms with E-state index in [1.165, 1.54) is 5.56 Å². The normalized spacial score (nSPS) is 11.7. The van der Waals surface area contributed by atoms with E-state index in [0.717, 1.165) is 40.6 Å². The average Bonchev–Trinajstić information content (AvgIpc) is 2.78. The standard InChI is InChI=1S/C27H31O2P/c1-5-27(6-2,30-26-17-16-20(3)18-23(26)21(4)28)24-14-10-11-15-25(24)29-19-22-12-8-7-9-13-22/h7-18,30H,5-6,19H2,1-4H3. The van der Waals surface area contributed by atoms with Gasteiger partial charge in [0.05, 0.1) is 0 Å². The van der Waals surface area contributed by atoms with Crippen LogP contribution in [0.2, 0.25) is 0 Å². The fourth-order valence-electron chi connectivity index (χ4n) is 3.91. The van der Waals surface area contributed by atoms with Gasteiger partial charge in [0.25, 0.3) is 0 Å². The Morgan fingerprint density at radius 2 is 1.60 bits per heavy atom. The fourth-order valence-corrected chi connectivity index (χ4v) is 5.67. The fraction of sp³-hybridized carbons (Fsp3) is 0.296. The molecule has 0 bridgehead atoms. The molecule has 0 heterocycles. The number of carbonyl (C=O) groups excluding carboxylic acids is 1. The minimum atomic E-state index is -0.0628. The van der Waals surface area contributed by atoms with Crippen LogP contribution in [0.15, 0.2) is 72.8 Å². The highest BCUT2D eigenvalue weighted by atomic mass is 31.1. The van der Waals surface area contributed by atoms with Crippen LogP contribution in [0.5, 0.6) is 5.75 Å². The minimum absolute atomic E-state index is 0.0628. The van der Waals surface area contributed by atoms with Gasteiger partial charge in [-0.2, -0.15) is 0 Å². The van der Waals surface area contributed by atoms with Gasteiger partial charge in [-0.25, -0.2) is 0 Å². The van der Waals surface area contributed by atoms with Crippen molar-refractivity contribution in [1.82, 2.24) is 0 Å². The Kier molecular flexibility index (Phi) is 7.45. The van der Waals surface area contributed by atoms with Gasteiger partial charge in [0.15, 0.2) is 5.78 Å². The number of ketones is 1. The minimum Gasteiger partial charge on any atom is -0.489 e. The molecule has 0 radical (unpaired) electrons. The van der Waals surface area contributed by atoms with Crippen LogP contribution in [-0.4, -0.2) is 5.78 Å². The van der Waals surface area contributed by atoms with E-state index >= 15 is 0 Å². The molecule has 156 valence electrons. The molecular formula is C27H31O2P. The second kappa shape index (κ2) is 10.0. The van der Waals surface area contributed by atoms with Crippen LogP contribution < -0.4 is 10.0 Å². The van der Waals surface area contributed by atoms with Crippen LogP contribution in [0.1, 0.15) is 60.7 Å². The summed E-state index contributed by atoms with van der Waals surface area (Å²) >= 11 is 0. The first-order valence-electron chi connectivity index (χ1n) is 10.6. The third-order valence-corrected chi connectivity index (χ3v) is 7.94. The zero-order valence-electron chi connectivity index (χ0n) is 18.4. The molecule has 0 amide bonds. The molecule has 3 aromatic rings. The van der Waals surface area contributed by atoms with E-state index < -0.39 is 0 Å². The van der Waals surface area contributed by atoms with E-state index in [2.05, 4.69) is 56.3 Å². The maximum Gasteiger partial charge on any atom is 0.160 e. The van der Waals surface area contributed by atoms with Gasteiger partial charge in [-0.3, -0.25) is 4.79 Å². The molecule has 0 aliphatic heterocycles. The summed E-state index contributed by atoms with van der Waals surface area (Å²) in [5, 5.41) is 1.09. The average molecular weight is 419 g/mol. The molecule has 0 spiro atoms. The van der Waals surface area contributed by atoms with Gasteiger partial charge in [-0.1, -0.05) is 88.7 Å². The number of para-hydroxylation sites is 1. The molecule has 1 unspecified atom stereocenters. The maximum atomic E-state index is 12.3. The summed E-state index contributed by atoms with van der Waals surface area (Å²) in [6, 6.07) is 24.9. The summed E-state index contributed by atoms with van der Waals surface area (Å²) in [6.07, 6.45) is 1.97. The lowest BCUT2D eigenvalue weighted by Gasteiger charge is -2.34. The molecule has 3 aromatic carbocycles. The summed E-state index contributed by atoms with van der Waals surface area (Å²) in [6.45, 7) is 8.74. The van der Waals surface area contributed by atoms with Crippen LogP contribution in [-0.2, 0) is 11.8 Å². The van der Waals surface area contributed by atoms with E-state index in [0.29, 0.717) is 15.2 Å². The topological polar surface area (TPSA) is 26.3 Å². The highest BCUT2D eigenvalue weighted by Gasteiger charge is 2.33. The summed E-state index contributed by atoms with van der Waals surface area (Å²) in [4.78, 5) is 12.3. The predicted octanol–water partition coefficient (Wildman–Crippen LogP) is 6.80. The van der Waals surface area contributed by atoms with E-state index in [1.807, 2.05) is 37.3 Å². The molecule has 0 saturated heterocycles. The van der Waals surface area contributed by atoms with Crippen LogP contribution in [0, 0.1) is 6.92 Å². The summed E-state index contributed by atoms with van der Waals surface area (Å²) in [5.74, 6) is 1.07. The van der Waals surface area contributed by atoms with E-state index in [4.69, 9.17) is 4.74 Å². The van der Waals surface area contributed by atoms with E-state index in [1.54, 1.807) is 6.92 Å². The lowest BCUT2D eigenvalue weighted by molar-refractivity contribution is 0.101. The second-order valence-corrected chi connectivity index (χ2v) is 9.54. The molecule has 0 N–H and O–H groups in total. The van der Waals surface area contributed by atoms with Gasteiger partial charge in [-0.15, -0.1) is 0 Å². The number of carbonyl (C=O) groups is 1. The van der Waals surface area contributed by atoms with Crippen LogP contribution >= 0.6 is 8.58 Å². The summed E-state index contributed by atoms with van der Waals surface area (Å²) < 4.78 is 6.30. The van der Waals surface area contributed by atoms with Crippen molar-refractivity contribution in [3.05, 3.63) is 95.1 Å². The van der Waals surface area contributed by atoms with E-state index in [-0.39, 0.29) is 10.9 Å². The third-order valence-electron chi connectivity index (χ3n) is 5.78. The molecule has 3 heteroatoms. The highest BCUT2D eigenvalue weighted by Crippen LogP contribution is 2.50. The number of benzene rings is 3. The smallest absolute Gasteiger partial charge is 0.160 e. The van der Waals surface area contributed by atoms with Gasteiger partial charge < -0.3 is 4.74 Å². The Bertz CT molecular complexity index is 991. The van der Waals surface area contributed by atoms with Crippen molar-refractivity contribution in [3.63, 3.8) is 0 Å². The lowest BCUT2D eigenvalue weighted by Crippen LogP contribution is -2.24. The van der Waals surface area contributed by atoms with Gasteiger partial charge in [0.2, 0.25) is 0 Å². The van der Waals surface area contributed by atoms with Crippen molar-refractivity contribution in [1.29, 1.82) is 0 Å². The molecule has 0 fully saturated rings. The SMILES string of the molecule is CCC(CC)(Pc1ccc(C)cc1C(C)=O)c1ccccc1OCc1ccccc1. The summed E-state index contributed by atoms with van der Waals surface area (Å²) in [5.41, 5.74) is 4.37. The zero-order valence-corrected chi connectivity index (χ0v) is 19.4. The Morgan fingerprint density at radius 1 is 0.933 bits per heavy atom. The molecule has 0 aliphatic rings. The van der Waals surface area contributed by atoms with Gasteiger partial charge in [-0.05, 0) is 49.7 Å². The zero-order chi connectivity index (χ0) is 21.6. The number of Topliss-reactive ketones (excluding diaryl/α,β-unsaturated/α-hetero) is 1. The molecule has 1 atom stereocenters.